The molecular weight excluding hydrogens is 445 g/mol. The minimum absolute atomic E-state index is 0.0896. The van der Waals surface area contributed by atoms with Gasteiger partial charge in [-0.25, -0.2) is 0 Å². The van der Waals surface area contributed by atoms with E-state index in [9.17, 15) is 0 Å². The molecule has 6 rings (SSSR count). The van der Waals surface area contributed by atoms with Gasteiger partial charge < -0.3 is 0 Å². The molecule has 0 saturated carbocycles. The van der Waals surface area contributed by atoms with E-state index in [-0.39, 0.29) is 6.71 Å². The van der Waals surface area contributed by atoms with E-state index in [1.165, 1.54) is 38.3 Å². The van der Waals surface area contributed by atoms with Gasteiger partial charge in [-0.15, -0.1) is 0 Å². The Kier molecular flexibility index (Phi) is 6.47. The van der Waals surface area contributed by atoms with Crippen LogP contribution < -0.4 is 10.9 Å². The van der Waals surface area contributed by atoms with Gasteiger partial charge in [-0.3, -0.25) is 4.98 Å². The molecule has 1 aromatic heterocycles. The van der Waals surface area contributed by atoms with Gasteiger partial charge in [0.25, 0.3) is 0 Å². The molecule has 0 bridgehead atoms. The predicted molar refractivity (Wildman–Crippen MR) is 159 cm³/mol. The van der Waals surface area contributed by atoms with Gasteiger partial charge in [0, 0.05) is 11.8 Å². The van der Waals surface area contributed by atoms with Crippen LogP contribution in [0.2, 0.25) is 0 Å². The molecule has 0 amide bonds. The number of hydrogen-bond acceptors (Lipinski definition) is 1. The maximum Gasteiger partial charge on any atom is 0.242 e. The molecule has 5 aromatic carbocycles. The van der Waals surface area contributed by atoms with Crippen molar-refractivity contribution >= 4 is 40.0 Å². The van der Waals surface area contributed by atoms with Gasteiger partial charge in [0.15, 0.2) is 0 Å². The maximum absolute atomic E-state index is 4.89. The summed E-state index contributed by atoms with van der Waals surface area (Å²) in [7, 11) is 0. The second kappa shape index (κ2) is 10.5. The van der Waals surface area contributed by atoms with Crippen LogP contribution in [-0.4, -0.2) is 11.7 Å². The Morgan fingerprint density at radius 3 is 1.70 bits per heavy atom. The summed E-state index contributed by atoms with van der Waals surface area (Å²) in [5.41, 5.74) is 8.18. The van der Waals surface area contributed by atoms with E-state index >= 15 is 0 Å². The lowest BCUT2D eigenvalue weighted by Crippen LogP contribution is -2.43. The van der Waals surface area contributed by atoms with Crippen molar-refractivity contribution in [2.45, 2.75) is 0 Å². The normalized spacial score (nSPS) is 11.4. The lowest BCUT2D eigenvalue weighted by molar-refractivity contribution is 1.30. The lowest BCUT2D eigenvalue weighted by Gasteiger charge is -2.19. The Bertz CT molecular complexity index is 1600. The molecule has 0 unspecified atom stereocenters. The van der Waals surface area contributed by atoms with E-state index in [2.05, 4.69) is 152 Å². The number of nitrogens with zero attached hydrogens (tertiary/aromatic N) is 1. The quantitative estimate of drug-likeness (QED) is 0.233. The van der Waals surface area contributed by atoms with Crippen LogP contribution >= 0.6 is 0 Å². The summed E-state index contributed by atoms with van der Waals surface area (Å²) in [4.78, 5) is 4.89. The first-order valence-corrected chi connectivity index (χ1v) is 12.7. The minimum Gasteiger partial charge on any atom is -0.256 e. The molecule has 2 heteroatoms. The van der Waals surface area contributed by atoms with Crippen molar-refractivity contribution in [3.63, 3.8) is 0 Å². The Balaban J connectivity index is 1.44. The standard InChI is InChI=1S/C35H26BN/c1-4-13-28(14-5-1)35(36(32-16-6-2-7-17-32)33-18-8-3-9-19-33)25-34-23-22-31(26-37-34)30-21-20-27-12-10-11-15-29(27)24-30/h1-26H/b35-25-. The first kappa shape index (κ1) is 22.8. The van der Waals surface area contributed by atoms with Crippen LogP contribution in [-0.2, 0) is 0 Å². The highest BCUT2D eigenvalue weighted by molar-refractivity contribution is 7.00. The Hall–Kier alpha value is -4.69. The first-order valence-electron chi connectivity index (χ1n) is 12.7. The zero-order chi connectivity index (χ0) is 24.9. The molecule has 37 heavy (non-hydrogen) atoms. The van der Waals surface area contributed by atoms with E-state index in [4.69, 9.17) is 4.98 Å². The molecule has 0 spiro atoms. The molecule has 1 heterocycles. The van der Waals surface area contributed by atoms with Gasteiger partial charge in [-0.2, -0.15) is 0 Å². The van der Waals surface area contributed by atoms with Gasteiger partial charge >= 0.3 is 0 Å². The van der Waals surface area contributed by atoms with Gasteiger partial charge in [0.05, 0.1) is 5.69 Å². The highest BCUT2D eigenvalue weighted by Gasteiger charge is 2.25. The zero-order valence-electron chi connectivity index (χ0n) is 20.5. The molecule has 0 aliphatic carbocycles. The number of fused-ring (bicyclic) bond motifs is 1. The van der Waals surface area contributed by atoms with Gasteiger partial charge in [0.1, 0.15) is 0 Å². The number of rotatable bonds is 6. The van der Waals surface area contributed by atoms with Crippen molar-refractivity contribution in [1.82, 2.24) is 4.98 Å². The Morgan fingerprint density at radius 1 is 0.514 bits per heavy atom. The third-order valence-electron chi connectivity index (χ3n) is 6.86. The molecular formula is C35H26BN. The van der Waals surface area contributed by atoms with Crippen molar-refractivity contribution in [3.05, 3.63) is 163 Å². The predicted octanol–water partition coefficient (Wildman–Crippen LogP) is 7.29. The highest BCUT2D eigenvalue weighted by Crippen LogP contribution is 2.26. The van der Waals surface area contributed by atoms with Crippen molar-refractivity contribution in [2.75, 3.05) is 0 Å². The van der Waals surface area contributed by atoms with Crippen LogP contribution in [0.15, 0.2) is 152 Å². The molecule has 0 fully saturated rings. The fourth-order valence-corrected chi connectivity index (χ4v) is 5.00. The molecule has 6 aromatic rings. The molecule has 0 radical (unpaired) electrons. The third kappa shape index (κ3) is 5.01. The first-order chi connectivity index (χ1) is 18.3. The van der Waals surface area contributed by atoms with E-state index in [1.807, 2.05) is 6.20 Å². The van der Waals surface area contributed by atoms with E-state index in [1.54, 1.807) is 0 Å². The number of hydrogen-bond donors (Lipinski definition) is 0. The summed E-state index contributed by atoms with van der Waals surface area (Å²) in [6.07, 6.45) is 4.22. The Labute approximate surface area is 218 Å². The number of pyridine rings is 1. The lowest BCUT2D eigenvalue weighted by atomic mass is 9.35. The molecule has 1 nitrogen and oxygen atoms in total. The summed E-state index contributed by atoms with van der Waals surface area (Å²) in [6, 6.07) is 51.5. The molecule has 174 valence electrons. The summed E-state index contributed by atoms with van der Waals surface area (Å²) in [5.74, 6) is 0. The van der Waals surface area contributed by atoms with Gasteiger partial charge in [0.2, 0.25) is 6.71 Å². The topological polar surface area (TPSA) is 12.9 Å². The van der Waals surface area contributed by atoms with Crippen LogP contribution in [0.1, 0.15) is 11.3 Å². The summed E-state index contributed by atoms with van der Waals surface area (Å²) in [5, 5.41) is 2.49. The van der Waals surface area contributed by atoms with E-state index in [0.717, 1.165) is 11.3 Å². The smallest absolute Gasteiger partial charge is 0.242 e. The molecule has 0 aliphatic rings. The van der Waals surface area contributed by atoms with Crippen LogP contribution in [0.5, 0.6) is 0 Å². The third-order valence-corrected chi connectivity index (χ3v) is 6.86. The number of aromatic nitrogens is 1. The monoisotopic (exact) mass is 471 g/mol. The average Bonchev–Trinajstić information content (AvgIpc) is 2.98. The van der Waals surface area contributed by atoms with Crippen LogP contribution in [0.25, 0.3) is 33.4 Å². The van der Waals surface area contributed by atoms with Crippen LogP contribution in [0, 0.1) is 0 Å². The second-order valence-corrected chi connectivity index (χ2v) is 9.25. The molecule has 0 atom stereocenters. The van der Waals surface area contributed by atoms with Gasteiger partial charge in [-0.1, -0.05) is 150 Å². The van der Waals surface area contributed by atoms with Crippen molar-refractivity contribution in [3.8, 4) is 11.1 Å². The second-order valence-electron chi connectivity index (χ2n) is 9.25. The maximum atomic E-state index is 4.89. The van der Waals surface area contributed by atoms with Crippen LogP contribution in [0.4, 0.5) is 0 Å². The summed E-state index contributed by atoms with van der Waals surface area (Å²) in [6.45, 7) is 0.0896. The SMILES string of the molecule is C(=C(/B(c1ccccc1)c1ccccc1)c1ccccc1)/c1ccc(-c2ccc3ccccc3c2)cn1. The van der Waals surface area contributed by atoms with Crippen molar-refractivity contribution in [2.24, 2.45) is 0 Å². The largest absolute Gasteiger partial charge is 0.256 e. The molecule has 0 saturated heterocycles. The fraction of sp³-hybridized carbons (Fsp3) is 0. The summed E-state index contributed by atoms with van der Waals surface area (Å²) >= 11 is 0. The van der Waals surface area contributed by atoms with Gasteiger partial charge in [-0.05, 0) is 40.1 Å². The summed E-state index contributed by atoms with van der Waals surface area (Å²) < 4.78 is 0. The minimum atomic E-state index is 0.0896. The molecule has 0 N–H and O–H groups in total. The van der Waals surface area contributed by atoms with E-state index in [0.29, 0.717) is 0 Å². The van der Waals surface area contributed by atoms with Crippen molar-refractivity contribution < 1.29 is 0 Å². The van der Waals surface area contributed by atoms with Crippen molar-refractivity contribution in [1.29, 1.82) is 0 Å². The molecule has 0 aliphatic heterocycles. The Morgan fingerprint density at radius 2 is 1.08 bits per heavy atom. The van der Waals surface area contributed by atoms with E-state index < -0.39 is 0 Å². The fourth-order valence-electron chi connectivity index (χ4n) is 5.00. The average molecular weight is 471 g/mol. The van der Waals surface area contributed by atoms with Crippen LogP contribution in [0.3, 0.4) is 0 Å². The number of benzene rings is 5. The zero-order valence-corrected chi connectivity index (χ0v) is 20.5. The highest BCUT2D eigenvalue weighted by atomic mass is 14.7.